The molecule has 0 spiro atoms. The van der Waals surface area contributed by atoms with E-state index in [1.165, 1.54) is 16.7 Å². The van der Waals surface area contributed by atoms with Gasteiger partial charge in [0.15, 0.2) is 0 Å². The molecule has 0 heterocycles. The fraction of sp³-hybridized carbons (Fsp3) is 0.667. The Morgan fingerprint density at radius 1 is 1.05 bits per heavy atom. The van der Waals surface area contributed by atoms with Crippen LogP contribution in [-0.4, -0.2) is 18.8 Å². The van der Waals surface area contributed by atoms with Gasteiger partial charge in [-0.2, -0.15) is 0 Å². The first-order valence-electron chi connectivity index (χ1n) is 7.99. The minimum absolute atomic E-state index is 0.119. The predicted molar refractivity (Wildman–Crippen MR) is 87.3 cm³/mol. The summed E-state index contributed by atoms with van der Waals surface area (Å²) in [5, 5.41) is 3.65. The van der Waals surface area contributed by atoms with E-state index in [-0.39, 0.29) is 11.6 Å². The van der Waals surface area contributed by atoms with Crippen molar-refractivity contribution in [2.45, 2.75) is 66.0 Å². The van der Waals surface area contributed by atoms with Gasteiger partial charge in [-0.05, 0) is 56.8 Å². The van der Waals surface area contributed by atoms with Crippen LogP contribution in [0.4, 0.5) is 0 Å². The van der Waals surface area contributed by atoms with Gasteiger partial charge in [0.05, 0.1) is 11.6 Å². The zero-order chi connectivity index (χ0) is 15.2. The largest absolute Gasteiger partial charge is 0.373 e. The highest BCUT2D eigenvalue weighted by Crippen LogP contribution is 2.36. The van der Waals surface area contributed by atoms with Crippen molar-refractivity contribution in [1.82, 2.24) is 5.32 Å². The van der Waals surface area contributed by atoms with E-state index in [1.807, 2.05) is 0 Å². The third-order valence-electron chi connectivity index (χ3n) is 4.43. The first-order chi connectivity index (χ1) is 9.54. The second-order valence-corrected chi connectivity index (χ2v) is 5.54. The van der Waals surface area contributed by atoms with Crippen molar-refractivity contribution < 1.29 is 4.74 Å². The molecule has 0 saturated carbocycles. The van der Waals surface area contributed by atoms with Crippen molar-refractivity contribution >= 4 is 0 Å². The maximum absolute atomic E-state index is 6.20. The monoisotopic (exact) mass is 277 g/mol. The molecule has 0 aliphatic heterocycles. The normalized spacial score (nSPS) is 13.5. The number of ether oxygens (including phenoxy) is 1. The highest BCUT2D eigenvalue weighted by atomic mass is 16.5. The van der Waals surface area contributed by atoms with Crippen LogP contribution < -0.4 is 5.32 Å². The van der Waals surface area contributed by atoms with Gasteiger partial charge in [-0.25, -0.2) is 0 Å². The Hall–Kier alpha value is -0.860. The summed E-state index contributed by atoms with van der Waals surface area (Å²) in [5.74, 6) is 0. The zero-order valence-electron chi connectivity index (χ0n) is 14.0. The lowest BCUT2D eigenvalue weighted by molar-refractivity contribution is -0.0730. The highest BCUT2D eigenvalue weighted by molar-refractivity contribution is 5.33. The Bertz CT molecular complexity index is 410. The summed E-state index contributed by atoms with van der Waals surface area (Å²) in [5.41, 5.74) is 3.92. The molecular weight excluding hydrogens is 246 g/mol. The molecule has 0 radical (unpaired) electrons. The zero-order valence-corrected chi connectivity index (χ0v) is 14.0. The van der Waals surface area contributed by atoms with Crippen LogP contribution in [0.2, 0.25) is 0 Å². The minimum atomic E-state index is -0.119. The van der Waals surface area contributed by atoms with Gasteiger partial charge in [0.2, 0.25) is 0 Å². The number of likely N-dealkylation sites (N-methyl/N-ethyl adjacent to an activating group) is 1. The summed E-state index contributed by atoms with van der Waals surface area (Å²) in [6.45, 7) is 14.8. The maximum atomic E-state index is 6.20. The van der Waals surface area contributed by atoms with Crippen molar-refractivity contribution in [1.29, 1.82) is 0 Å². The molecule has 0 saturated heterocycles. The molecule has 2 nitrogen and oxygen atoms in total. The summed E-state index contributed by atoms with van der Waals surface area (Å²) >= 11 is 0. The fourth-order valence-corrected chi connectivity index (χ4v) is 2.99. The van der Waals surface area contributed by atoms with Crippen LogP contribution >= 0.6 is 0 Å². The van der Waals surface area contributed by atoms with E-state index < -0.39 is 0 Å². The standard InChI is InChI=1S/C18H31NO/c1-7-18(8-2,20-10-4)17(19-9-3)16-12-11-14(5)15(6)13-16/h11-13,17,19H,7-10H2,1-6H3. The van der Waals surface area contributed by atoms with Gasteiger partial charge in [-0.15, -0.1) is 0 Å². The molecule has 1 N–H and O–H groups in total. The van der Waals surface area contributed by atoms with E-state index in [9.17, 15) is 0 Å². The quantitative estimate of drug-likeness (QED) is 0.752. The van der Waals surface area contributed by atoms with E-state index in [0.29, 0.717) is 0 Å². The third-order valence-corrected chi connectivity index (χ3v) is 4.43. The molecule has 0 bridgehead atoms. The maximum Gasteiger partial charge on any atom is 0.0870 e. The number of hydrogen-bond acceptors (Lipinski definition) is 2. The number of hydrogen-bond donors (Lipinski definition) is 1. The Morgan fingerprint density at radius 3 is 2.15 bits per heavy atom. The number of aryl methyl sites for hydroxylation is 2. The molecule has 1 atom stereocenters. The van der Waals surface area contributed by atoms with Gasteiger partial charge < -0.3 is 10.1 Å². The van der Waals surface area contributed by atoms with Crippen LogP contribution in [0.25, 0.3) is 0 Å². The SMILES string of the molecule is CCNC(c1ccc(C)c(C)c1)C(CC)(CC)OCC. The second-order valence-electron chi connectivity index (χ2n) is 5.54. The number of nitrogens with one attached hydrogen (secondary N) is 1. The Kier molecular flexibility index (Phi) is 6.70. The third kappa shape index (κ3) is 3.62. The average molecular weight is 277 g/mol. The molecule has 1 aromatic rings. The summed E-state index contributed by atoms with van der Waals surface area (Å²) in [4.78, 5) is 0. The van der Waals surface area contributed by atoms with E-state index in [2.05, 4.69) is 65.1 Å². The van der Waals surface area contributed by atoms with Crippen molar-refractivity contribution in [3.63, 3.8) is 0 Å². The molecule has 114 valence electrons. The molecule has 1 rings (SSSR count). The molecule has 1 unspecified atom stereocenters. The lowest BCUT2D eigenvalue weighted by Crippen LogP contribution is -2.45. The topological polar surface area (TPSA) is 21.3 Å². The Labute approximate surface area is 124 Å². The van der Waals surface area contributed by atoms with Crippen molar-refractivity contribution in [2.24, 2.45) is 0 Å². The van der Waals surface area contributed by atoms with Gasteiger partial charge in [0.25, 0.3) is 0 Å². The molecule has 0 aliphatic carbocycles. The van der Waals surface area contributed by atoms with Crippen molar-refractivity contribution in [3.8, 4) is 0 Å². The molecule has 0 aliphatic rings. The molecule has 2 heteroatoms. The van der Waals surface area contributed by atoms with Gasteiger partial charge in [-0.1, -0.05) is 39.0 Å². The lowest BCUT2D eigenvalue weighted by atomic mass is 9.83. The summed E-state index contributed by atoms with van der Waals surface area (Å²) in [7, 11) is 0. The van der Waals surface area contributed by atoms with Gasteiger partial charge in [-0.3, -0.25) is 0 Å². The summed E-state index contributed by atoms with van der Waals surface area (Å²) in [6, 6.07) is 7.02. The van der Waals surface area contributed by atoms with Crippen molar-refractivity contribution in [2.75, 3.05) is 13.2 Å². The van der Waals surface area contributed by atoms with Crippen LogP contribution in [0.3, 0.4) is 0 Å². The average Bonchev–Trinajstić information content (AvgIpc) is 2.46. The van der Waals surface area contributed by atoms with Gasteiger partial charge in [0, 0.05) is 6.61 Å². The Balaban J connectivity index is 3.22. The fourth-order valence-electron chi connectivity index (χ4n) is 2.99. The van der Waals surface area contributed by atoms with Crippen LogP contribution in [-0.2, 0) is 4.74 Å². The molecule has 20 heavy (non-hydrogen) atoms. The highest BCUT2D eigenvalue weighted by Gasteiger charge is 2.37. The molecule has 1 aromatic carbocycles. The lowest BCUT2D eigenvalue weighted by Gasteiger charge is -2.40. The van der Waals surface area contributed by atoms with E-state index in [0.717, 1.165) is 26.0 Å². The number of rotatable bonds is 8. The minimum Gasteiger partial charge on any atom is -0.373 e. The molecule has 0 aromatic heterocycles. The first kappa shape index (κ1) is 17.2. The van der Waals surface area contributed by atoms with Crippen molar-refractivity contribution in [3.05, 3.63) is 34.9 Å². The van der Waals surface area contributed by atoms with Crippen LogP contribution in [0.15, 0.2) is 18.2 Å². The predicted octanol–water partition coefficient (Wildman–Crippen LogP) is 4.55. The smallest absolute Gasteiger partial charge is 0.0870 e. The molecular formula is C18H31NO. The van der Waals surface area contributed by atoms with Crippen LogP contribution in [0.1, 0.15) is 63.3 Å². The summed E-state index contributed by atoms with van der Waals surface area (Å²) in [6.07, 6.45) is 2.03. The van der Waals surface area contributed by atoms with E-state index >= 15 is 0 Å². The summed E-state index contributed by atoms with van der Waals surface area (Å²) < 4.78 is 6.20. The first-order valence-corrected chi connectivity index (χ1v) is 7.99. The van der Waals surface area contributed by atoms with E-state index in [4.69, 9.17) is 4.74 Å². The molecule has 0 fully saturated rings. The van der Waals surface area contributed by atoms with Crippen LogP contribution in [0.5, 0.6) is 0 Å². The second kappa shape index (κ2) is 7.80. The molecule has 0 amide bonds. The van der Waals surface area contributed by atoms with Gasteiger partial charge in [0.1, 0.15) is 0 Å². The number of benzene rings is 1. The van der Waals surface area contributed by atoms with Crippen LogP contribution in [0, 0.1) is 13.8 Å². The Morgan fingerprint density at radius 2 is 1.70 bits per heavy atom. The van der Waals surface area contributed by atoms with Gasteiger partial charge >= 0.3 is 0 Å². The van der Waals surface area contributed by atoms with E-state index in [1.54, 1.807) is 0 Å².